The summed E-state index contributed by atoms with van der Waals surface area (Å²) in [5, 5.41) is 9.61. The fraction of sp³-hybridized carbons (Fsp3) is 0. The third-order valence-corrected chi connectivity index (χ3v) is 15.9. The highest BCUT2D eigenvalue weighted by Gasteiger charge is 2.22. The van der Waals surface area contributed by atoms with E-state index in [1.165, 1.54) is 43.1 Å². The van der Waals surface area contributed by atoms with E-state index in [1.54, 1.807) is 0 Å². The number of fused-ring (bicyclic) bond motifs is 12. The molecule has 11 aromatic carbocycles. The van der Waals surface area contributed by atoms with Gasteiger partial charge in [-0.3, -0.25) is 0 Å². The molecule has 78 heavy (non-hydrogen) atoms. The molecular formula is C72H46N6. The summed E-state index contributed by atoms with van der Waals surface area (Å²) in [7, 11) is 0. The number of hydrogen-bond donors (Lipinski definition) is 0. The van der Waals surface area contributed by atoms with Crippen molar-refractivity contribution in [1.29, 1.82) is 0 Å². The van der Waals surface area contributed by atoms with Crippen LogP contribution in [0.1, 0.15) is 5.56 Å². The van der Waals surface area contributed by atoms with Crippen LogP contribution in [-0.2, 0) is 0 Å². The first kappa shape index (κ1) is 43.8. The predicted molar refractivity (Wildman–Crippen MR) is 326 cm³/mol. The molecule has 0 N–H and O–H groups in total. The van der Waals surface area contributed by atoms with Gasteiger partial charge >= 0.3 is 0 Å². The van der Waals surface area contributed by atoms with Crippen LogP contribution in [0.15, 0.2) is 267 Å². The number of hydrogen-bond acceptors (Lipinski definition) is 2. The van der Waals surface area contributed by atoms with Crippen LogP contribution in [-0.4, -0.2) is 28.2 Å². The third kappa shape index (κ3) is 6.70. The van der Waals surface area contributed by atoms with Gasteiger partial charge in [-0.1, -0.05) is 176 Å². The van der Waals surface area contributed by atoms with Crippen LogP contribution >= 0.6 is 0 Å². The summed E-state index contributed by atoms with van der Waals surface area (Å²) in [5.41, 5.74) is 18.6. The van der Waals surface area contributed by atoms with E-state index in [2.05, 4.69) is 286 Å². The molecule has 0 unspecified atom stereocenters. The van der Waals surface area contributed by atoms with Crippen molar-refractivity contribution in [2.75, 3.05) is 0 Å². The number of benzene rings is 11. The van der Waals surface area contributed by atoms with Crippen LogP contribution in [0, 0.1) is 0 Å². The second-order valence-corrected chi connectivity index (χ2v) is 20.2. The fourth-order valence-electron chi connectivity index (χ4n) is 12.5. The van der Waals surface area contributed by atoms with Gasteiger partial charge in [-0.25, -0.2) is 9.97 Å². The van der Waals surface area contributed by atoms with E-state index in [4.69, 9.17) is 9.97 Å². The molecule has 0 saturated carbocycles. The molecule has 6 nitrogen and oxygen atoms in total. The molecule has 0 atom stereocenters. The van der Waals surface area contributed by atoms with Gasteiger partial charge in [0.2, 0.25) is 0 Å². The maximum Gasteiger partial charge on any atom is 0.160 e. The van der Waals surface area contributed by atoms with E-state index in [1.807, 2.05) is 6.08 Å². The highest BCUT2D eigenvalue weighted by atomic mass is 15.0. The number of para-hydroxylation sites is 8. The Labute approximate surface area is 448 Å². The van der Waals surface area contributed by atoms with Gasteiger partial charge in [0.25, 0.3) is 0 Å². The smallest absolute Gasteiger partial charge is 0.160 e. The Balaban J connectivity index is 1.01. The average molecular weight is 995 g/mol. The summed E-state index contributed by atoms with van der Waals surface area (Å²) in [5.74, 6) is 0.618. The molecule has 0 aliphatic heterocycles. The fourth-order valence-corrected chi connectivity index (χ4v) is 12.5. The van der Waals surface area contributed by atoms with Crippen LogP contribution < -0.4 is 0 Å². The molecule has 0 bridgehead atoms. The van der Waals surface area contributed by atoms with Gasteiger partial charge < -0.3 is 18.3 Å². The molecule has 0 amide bonds. The van der Waals surface area contributed by atoms with Gasteiger partial charge in [-0.15, -0.1) is 0 Å². The van der Waals surface area contributed by atoms with Crippen LogP contribution in [0.2, 0.25) is 0 Å². The Morgan fingerprint density at radius 3 is 0.795 bits per heavy atom. The Morgan fingerprint density at radius 1 is 0.256 bits per heavy atom. The van der Waals surface area contributed by atoms with Crippen LogP contribution in [0.25, 0.3) is 150 Å². The largest absolute Gasteiger partial charge is 0.309 e. The lowest BCUT2D eigenvalue weighted by Gasteiger charge is -2.18. The maximum atomic E-state index is 5.60. The van der Waals surface area contributed by atoms with E-state index in [-0.39, 0.29) is 0 Å². The molecule has 5 heterocycles. The van der Waals surface area contributed by atoms with Crippen LogP contribution in [0.4, 0.5) is 0 Å². The molecule has 0 aliphatic rings. The first-order valence-electron chi connectivity index (χ1n) is 26.5. The summed E-state index contributed by atoms with van der Waals surface area (Å²) in [6, 6.07) is 94.3. The van der Waals surface area contributed by atoms with Gasteiger partial charge in [0.15, 0.2) is 5.82 Å². The predicted octanol–water partition coefficient (Wildman–Crippen LogP) is 18.5. The van der Waals surface area contributed by atoms with E-state index in [0.29, 0.717) is 5.82 Å². The molecule has 0 spiro atoms. The van der Waals surface area contributed by atoms with Gasteiger partial charge in [-0.05, 0) is 103 Å². The lowest BCUT2D eigenvalue weighted by Crippen LogP contribution is -2.03. The Hall–Kier alpha value is -10.6. The van der Waals surface area contributed by atoms with Gasteiger partial charge in [0.05, 0.1) is 55.5 Å². The Morgan fingerprint density at radius 2 is 0.526 bits per heavy atom. The molecular weight excluding hydrogens is 949 g/mol. The molecule has 16 rings (SSSR count). The summed E-state index contributed by atoms with van der Waals surface area (Å²) in [6.07, 6.45) is 1.88. The second-order valence-electron chi connectivity index (χ2n) is 20.2. The molecule has 5 aromatic heterocycles. The first-order chi connectivity index (χ1) is 38.6. The quantitative estimate of drug-likeness (QED) is 0.152. The van der Waals surface area contributed by atoms with Crippen LogP contribution in [0.3, 0.4) is 0 Å². The van der Waals surface area contributed by atoms with E-state index < -0.39 is 0 Å². The summed E-state index contributed by atoms with van der Waals surface area (Å²) < 4.78 is 9.65. The molecule has 0 aliphatic carbocycles. The summed E-state index contributed by atoms with van der Waals surface area (Å²) in [4.78, 5) is 11.2. The number of aromatic nitrogens is 6. The van der Waals surface area contributed by atoms with Gasteiger partial charge in [0.1, 0.15) is 0 Å². The minimum absolute atomic E-state index is 0.618. The molecule has 364 valence electrons. The maximum absolute atomic E-state index is 5.60. The zero-order chi connectivity index (χ0) is 51.4. The summed E-state index contributed by atoms with van der Waals surface area (Å²) in [6.45, 7) is 4.15. The van der Waals surface area contributed by atoms with Gasteiger partial charge in [0, 0.05) is 82.5 Å². The minimum atomic E-state index is 0.618. The van der Waals surface area contributed by atoms with Crippen molar-refractivity contribution in [1.82, 2.24) is 28.2 Å². The number of rotatable bonds is 8. The van der Waals surface area contributed by atoms with Crippen molar-refractivity contribution in [3.05, 3.63) is 273 Å². The van der Waals surface area contributed by atoms with Crippen molar-refractivity contribution >= 4 is 93.3 Å². The van der Waals surface area contributed by atoms with E-state index in [9.17, 15) is 0 Å². The first-order valence-corrected chi connectivity index (χ1v) is 26.5. The highest BCUT2D eigenvalue weighted by molar-refractivity contribution is 6.13. The molecule has 16 aromatic rings. The minimum Gasteiger partial charge on any atom is -0.309 e. The topological polar surface area (TPSA) is 45.5 Å². The SMILES string of the molecule is C=Cc1cccc(-c2nc(-c3cc(-n4c5ccccc5c5ccccc54)cc(-n4c5ccccc5c5ccccc54)c3)cc(-c3cc(-n4c5ccccc5c5ccccc54)cc(-n4c5ccccc5c5ccccc54)c3)n2)c1. The standard InChI is InChI=1S/C72H46N6/c1-2-46-20-19-21-47(38-46)72-73-62(48-39-50(75-64-30-11-3-22-54(64)55-23-4-12-31-65(55)75)43-51(40-48)76-66-32-13-5-24-56(66)57-25-6-14-33-67(57)76)45-63(74-72)49-41-52(77-68-34-15-7-26-58(68)59-27-8-16-35-69(59)77)44-53(42-49)78-70-36-17-9-28-60(70)61-29-10-18-37-71(61)78/h2-45H,1H2. The lowest BCUT2D eigenvalue weighted by molar-refractivity contribution is 1.12. The lowest BCUT2D eigenvalue weighted by atomic mass is 10.0. The second kappa shape index (κ2) is 17.2. The average Bonchev–Trinajstić information content (AvgIpc) is 4.42. The van der Waals surface area contributed by atoms with Crippen molar-refractivity contribution in [2.45, 2.75) is 0 Å². The Kier molecular flexibility index (Phi) is 9.69. The van der Waals surface area contributed by atoms with Crippen molar-refractivity contribution < 1.29 is 0 Å². The molecule has 0 fully saturated rings. The van der Waals surface area contributed by atoms with Gasteiger partial charge in [-0.2, -0.15) is 0 Å². The molecule has 0 saturated heterocycles. The van der Waals surface area contributed by atoms with E-state index in [0.717, 1.165) is 101 Å². The van der Waals surface area contributed by atoms with Crippen molar-refractivity contribution in [3.8, 4) is 56.7 Å². The zero-order valence-electron chi connectivity index (χ0n) is 42.3. The molecule has 0 radical (unpaired) electrons. The highest BCUT2D eigenvalue weighted by Crippen LogP contribution is 2.41. The zero-order valence-corrected chi connectivity index (χ0v) is 42.3. The van der Waals surface area contributed by atoms with Crippen LogP contribution in [0.5, 0.6) is 0 Å². The van der Waals surface area contributed by atoms with Crippen molar-refractivity contribution in [3.63, 3.8) is 0 Å². The summed E-state index contributed by atoms with van der Waals surface area (Å²) >= 11 is 0. The third-order valence-electron chi connectivity index (χ3n) is 15.9. The normalized spacial score (nSPS) is 11.9. The molecule has 6 heteroatoms. The number of nitrogens with zero attached hydrogens (tertiary/aromatic N) is 6. The Bertz CT molecular complexity index is 4370. The van der Waals surface area contributed by atoms with E-state index >= 15 is 0 Å². The van der Waals surface area contributed by atoms with Crippen molar-refractivity contribution in [2.24, 2.45) is 0 Å². The monoisotopic (exact) mass is 994 g/mol.